The standard InChI is InChI=1S/C30H33N3O7/c34-13-14-37-15-16-38-28-18-20(23-19-39-26-8-4-1-5-22(23)26)17-27(40-28)29(35)32-11-9-21(10-12-32)33-25-7-3-2-6-24(25)31-30(33)36/h1-8,17,19-21,28,34H,9-16,18H2,(H,31,36). The fourth-order valence-corrected chi connectivity index (χ4v) is 5.74. The number of hydrogen-bond acceptors (Lipinski definition) is 7. The number of allylic oxidation sites excluding steroid dienone is 1. The first kappa shape index (κ1) is 26.4. The molecule has 0 spiro atoms. The smallest absolute Gasteiger partial charge is 0.326 e. The summed E-state index contributed by atoms with van der Waals surface area (Å²) in [6.45, 7) is 1.79. The van der Waals surface area contributed by atoms with Crippen LogP contribution in [0.25, 0.3) is 22.0 Å². The van der Waals surface area contributed by atoms with Crippen molar-refractivity contribution in [2.45, 2.75) is 37.5 Å². The van der Waals surface area contributed by atoms with E-state index in [-0.39, 0.29) is 49.1 Å². The molecule has 10 nitrogen and oxygen atoms in total. The van der Waals surface area contributed by atoms with E-state index in [0.717, 1.165) is 27.6 Å². The number of imidazole rings is 1. The fourth-order valence-electron chi connectivity index (χ4n) is 5.74. The highest BCUT2D eigenvalue weighted by atomic mass is 16.7. The van der Waals surface area contributed by atoms with Gasteiger partial charge in [-0.3, -0.25) is 9.36 Å². The monoisotopic (exact) mass is 547 g/mol. The topological polar surface area (TPSA) is 119 Å². The van der Waals surface area contributed by atoms with Crippen LogP contribution in [-0.2, 0) is 19.0 Å². The Labute approximate surface area is 230 Å². The van der Waals surface area contributed by atoms with Crippen molar-refractivity contribution in [1.82, 2.24) is 14.5 Å². The van der Waals surface area contributed by atoms with Gasteiger partial charge in [-0.05, 0) is 37.1 Å². The van der Waals surface area contributed by atoms with Crippen LogP contribution in [0.2, 0.25) is 0 Å². The molecule has 4 heterocycles. The molecule has 1 saturated heterocycles. The number of carbonyl (C=O) groups excluding carboxylic acids is 1. The van der Waals surface area contributed by atoms with E-state index < -0.39 is 6.29 Å². The molecule has 4 aromatic rings. The second-order valence-electron chi connectivity index (χ2n) is 10.2. The SMILES string of the molecule is O=C(C1=CC(c2coc3ccccc23)CC(OCCOCCO)O1)N1CCC(n2c(=O)[nH]c3ccccc32)CC1. The van der Waals surface area contributed by atoms with Crippen molar-refractivity contribution in [2.75, 3.05) is 39.5 Å². The van der Waals surface area contributed by atoms with Gasteiger partial charge in [0.05, 0.1) is 43.7 Å². The molecule has 2 aliphatic rings. The van der Waals surface area contributed by atoms with Crippen LogP contribution in [-0.4, -0.2) is 71.3 Å². The van der Waals surface area contributed by atoms with Gasteiger partial charge in [0, 0.05) is 42.4 Å². The van der Waals surface area contributed by atoms with Crippen molar-refractivity contribution in [3.63, 3.8) is 0 Å². The molecular formula is C30H33N3O7. The highest BCUT2D eigenvalue weighted by Gasteiger charge is 2.34. The third-order valence-electron chi connectivity index (χ3n) is 7.69. The normalized spacial score (nSPS) is 20.1. The van der Waals surface area contributed by atoms with Gasteiger partial charge in [-0.2, -0.15) is 0 Å². The number of benzene rings is 2. The second kappa shape index (κ2) is 11.7. The van der Waals surface area contributed by atoms with E-state index in [1.807, 2.05) is 59.2 Å². The molecule has 2 unspecified atom stereocenters. The minimum atomic E-state index is -0.636. The summed E-state index contributed by atoms with van der Waals surface area (Å²) in [6.07, 6.45) is 4.83. The Hall–Kier alpha value is -3.86. The Kier molecular flexibility index (Phi) is 7.72. The number of nitrogens with zero attached hydrogens (tertiary/aromatic N) is 2. The van der Waals surface area contributed by atoms with Gasteiger partial charge in [-0.1, -0.05) is 30.3 Å². The fraction of sp³-hybridized carbons (Fsp3) is 0.400. The second-order valence-corrected chi connectivity index (χ2v) is 10.2. The Bertz CT molecular complexity index is 1560. The minimum absolute atomic E-state index is 0.00833. The quantitative estimate of drug-likeness (QED) is 0.307. The van der Waals surface area contributed by atoms with Crippen molar-refractivity contribution in [1.29, 1.82) is 0 Å². The molecule has 2 aromatic carbocycles. The van der Waals surface area contributed by atoms with E-state index in [9.17, 15) is 9.59 Å². The number of hydrogen-bond donors (Lipinski definition) is 2. The van der Waals surface area contributed by atoms with E-state index in [1.54, 1.807) is 11.2 Å². The predicted molar refractivity (Wildman–Crippen MR) is 148 cm³/mol. The lowest BCUT2D eigenvalue weighted by Crippen LogP contribution is -2.42. The summed E-state index contributed by atoms with van der Waals surface area (Å²) in [6, 6.07) is 15.5. The number of para-hydroxylation sites is 3. The largest absolute Gasteiger partial charge is 0.464 e. The number of H-pyrrole nitrogens is 1. The Morgan fingerprint density at radius 1 is 1.05 bits per heavy atom. The number of rotatable bonds is 9. The van der Waals surface area contributed by atoms with Gasteiger partial charge in [0.2, 0.25) is 6.29 Å². The van der Waals surface area contributed by atoms with Crippen molar-refractivity contribution in [2.24, 2.45) is 0 Å². The number of aliphatic hydroxyl groups excluding tert-OH is 1. The van der Waals surface area contributed by atoms with Gasteiger partial charge in [0.1, 0.15) is 5.58 Å². The Morgan fingerprint density at radius 3 is 2.70 bits per heavy atom. The van der Waals surface area contributed by atoms with Crippen LogP contribution in [0.4, 0.5) is 0 Å². The average molecular weight is 548 g/mol. The van der Waals surface area contributed by atoms with E-state index in [1.165, 1.54) is 0 Å². The van der Waals surface area contributed by atoms with Crippen LogP contribution < -0.4 is 5.69 Å². The number of likely N-dealkylation sites (tertiary alicyclic amines) is 1. The van der Waals surface area contributed by atoms with E-state index in [4.69, 9.17) is 23.7 Å². The van der Waals surface area contributed by atoms with Crippen LogP contribution in [0.3, 0.4) is 0 Å². The summed E-state index contributed by atoms with van der Waals surface area (Å²) in [5.41, 5.74) is 3.34. The van der Waals surface area contributed by atoms with Crippen molar-refractivity contribution in [3.05, 3.63) is 82.7 Å². The highest BCUT2D eigenvalue weighted by molar-refractivity contribution is 5.92. The summed E-state index contributed by atoms with van der Waals surface area (Å²) < 4.78 is 24.9. The molecule has 6 rings (SSSR count). The molecule has 210 valence electrons. The number of aromatic nitrogens is 2. The number of carbonyl (C=O) groups is 1. The van der Waals surface area contributed by atoms with E-state index >= 15 is 0 Å². The summed E-state index contributed by atoms with van der Waals surface area (Å²) in [4.78, 5) is 31.1. The van der Waals surface area contributed by atoms with Gasteiger partial charge < -0.3 is 33.6 Å². The Morgan fingerprint density at radius 2 is 1.85 bits per heavy atom. The zero-order valence-corrected chi connectivity index (χ0v) is 22.2. The lowest BCUT2D eigenvalue weighted by molar-refractivity contribution is -0.157. The third kappa shape index (κ3) is 5.30. The molecule has 40 heavy (non-hydrogen) atoms. The van der Waals surface area contributed by atoms with Crippen molar-refractivity contribution >= 4 is 27.9 Å². The zero-order chi connectivity index (χ0) is 27.5. The van der Waals surface area contributed by atoms with E-state index in [2.05, 4.69) is 4.98 Å². The molecule has 1 amide bonds. The predicted octanol–water partition coefficient (Wildman–Crippen LogP) is 3.68. The average Bonchev–Trinajstić information content (AvgIpc) is 3.57. The molecule has 0 radical (unpaired) electrons. The number of nitrogens with one attached hydrogen (secondary N) is 1. The van der Waals surface area contributed by atoms with Crippen molar-refractivity contribution < 1.29 is 28.5 Å². The maximum Gasteiger partial charge on any atom is 0.326 e. The first-order valence-corrected chi connectivity index (χ1v) is 13.8. The molecule has 0 saturated carbocycles. The van der Waals surface area contributed by atoms with E-state index in [0.29, 0.717) is 39.0 Å². The summed E-state index contributed by atoms with van der Waals surface area (Å²) in [5.74, 6) is -0.0695. The van der Waals surface area contributed by atoms with Gasteiger partial charge in [-0.25, -0.2) is 4.79 Å². The van der Waals surface area contributed by atoms with Gasteiger partial charge >= 0.3 is 5.69 Å². The first-order valence-electron chi connectivity index (χ1n) is 13.8. The number of aromatic amines is 1. The zero-order valence-electron chi connectivity index (χ0n) is 22.2. The van der Waals surface area contributed by atoms with Crippen molar-refractivity contribution in [3.8, 4) is 0 Å². The van der Waals surface area contributed by atoms with Crippen LogP contribution >= 0.6 is 0 Å². The van der Waals surface area contributed by atoms with Crippen LogP contribution in [0.5, 0.6) is 0 Å². The molecule has 2 aromatic heterocycles. The van der Waals surface area contributed by atoms with Gasteiger partial charge in [0.25, 0.3) is 5.91 Å². The lowest BCUT2D eigenvalue weighted by Gasteiger charge is -2.35. The summed E-state index contributed by atoms with van der Waals surface area (Å²) >= 11 is 0. The minimum Gasteiger partial charge on any atom is -0.464 e. The molecule has 0 aliphatic carbocycles. The lowest BCUT2D eigenvalue weighted by atomic mass is 9.92. The molecule has 10 heteroatoms. The molecule has 2 atom stereocenters. The third-order valence-corrected chi connectivity index (χ3v) is 7.69. The van der Waals surface area contributed by atoms with Crippen LogP contribution in [0.1, 0.15) is 36.8 Å². The molecule has 0 bridgehead atoms. The highest BCUT2D eigenvalue weighted by Crippen LogP contribution is 2.37. The summed E-state index contributed by atoms with van der Waals surface area (Å²) in [5, 5.41) is 9.92. The molecule has 2 aliphatic heterocycles. The number of fused-ring (bicyclic) bond motifs is 2. The molecule has 1 fully saturated rings. The van der Waals surface area contributed by atoms with Crippen LogP contribution in [0, 0.1) is 0 Å². The van der Waals surface area contributed by atoms with Crippen LogP contribution in [0.15, 0.2) is 75.8 Å². The Balaban J connectivity index is 1.18. The maximum atomic E-state index is 13.7. The maximum absolute atomic E-state index is 13.7. The number of aliphatic hydroxyl groups is 1. The van der Waals surface area contributed by atoms with Gasteiger partial charge in [0.15, 0.2) is 5.76 Å². The number of furan rings is 1. The number of amides is 1. The number of piperidine rings is 1. The van der Waals surface area contributed by atoms with Gasteiger partial charge in [-0.15, -0.1) is 0 Å². The first-order chi connectivity index (χ1) is 19.6. The molecular weight excluding hydrogens is 514 g/mol. The molecule has 2 N–H and O–H groups in total. The summed E-state index contributed by atoms with van der Waals surface area (Å²) in [7, 11) is 0. The number of ether oxygens (including phenoxy) is 3.